The van der Waals surface area contributed by atoms with Crippen LogP contribution in [0, 0.1) is 0 Å². The number of thiazole rings is 1. The third-order valence-corrected chi connectivity index (χ3v) is 5.43. The topological polar surface area (TPSA) is 51.2 Å². The van der Waals surface area contributed by atoms with Crippen LogP contribution in [0.2, 0.25) is 5.02 Å². The number of halogens is 1. The monoisotopic (exact) mass is 392 g/mol. The van der Waals surface area contributed by atoms with Crippen LogP contribution in [0.25, 0.3) is 0 Å². The molecule has 0 radical (unpaired) electrons. The molecule has 0 bridgehead atoms. The highest BCUT2D eigenvalue weighted by Crippen LogP contribution is 2.27. The molecule has 0 spiro atoms. The first kappa shape index (κ1) is 17.9. The molecule has 2 heterocycles. The average Bonchev–Trinajstić information content (AvgIpc) is 3.29. The van der Waals surface area contributed by atoms with Gasteiger partial charge in [0.2, 0.25) is 0 Å². The Morgan fingerprint density at radius 1 is 1.28 bits per heavy atom. The van der Waals surface area contributed by atoms with Crippen LogP contribution in [0.4, 0.5) is 5.13 Å². The highest BCUT2D eigenvalue weighted by Gasteiger charge is 2.36. The third kappa shape index (κ3) is 4.81. The van der Waals surface area contributed by atoms with Crippen molar-refractivity contribution in [2.45, 2.75) is 25.4 Å². The SMILES string of the molecule is CC(CCc1ccsc1)(Oc1ccc(Cl)cc1)C(=O)Nc1nccs1. The van der Waals surface area contributed by atoms with E-state index in [4.69, 9.17) is 16.3 Å². The smallest absolute Gasteiger partial charge is 0.270 e. The van der Waals surface area contributed by atoms with Crippen LogP contribution in [0.1, 0.15) is 18.9 Å². The lowest BCUT2D eigenvalue weighted by atomic mass is 9.96. The van der Waals surface area contributed by atoms with Gasteiger partial charge in [0.1, 0.15) is 5.75 Å². The molecule has 3 rings (SSSR count). The van der Waals surface area contributed by atoms with E-state index in [2.05, 4.69) is 21.7 Å². The zero-order valence-electron chi connectivity index (χ0n) is 13.6. The number of carbonyl (C=O) groups is 1. The number of aryl methyl sites for hydroxylation is 1. The summed E-state index contributed by atoms with van der Waals surface area (Å²) in [5.74, 6) is 0.388. The van der Waals surface area contributed by atoms with E-state index in [1.807, 2.05) is 10.8 Å². The molecule has 1 amide bonds. The highest BCUT2D eigenvalue weighted by atomic mass is 35.5. The summed E-state index contributed by atoms with van der Waals surface area (Å²) in [4.78, 5) is 17.0. The lowest BCUT2D eigenvalue weighted by Gasteiger charge is -2.29. The Morgan fingerprint density at radius 2 is 2.08 bits per heavy atom. The standard InChI is InChI=1S/C18H17ClN2O2S2/c1-18(8-6-13-7-10-24-12-13,16(22)21-17-20-9-11-25-17)23-15-4-2-14(19)3-5-15/h2-5,7,9-12H,6,8H2,1H3,(H,20,21,22). The lowest BCUT2D eigenvalue weighted by molar-refractivity contribution is -0.130. The second-order valence-electron chi connectivity index (χ2n) is 5.71. The minimum absolute atomic E-state index is 0.215. The summed E-state index contributed by atoms with van der Waals surface area (Å²) < 4.78 is 6.08. The van der Waals surface area contributed by atoms with Gasteiger partial charge >= 0.3 is 0 Å². The molecule has 1 aromatic carbocycles. The van der Waals surface area contributed by atoms with E-state index in [1.165, 1.54) is 16.9 Å². The summed E-state index contributed by atoms with van der Waals surface area (Å²) in [5, 5.41) is 9.96. The molecule has 0 saturated carbocycles. The largest absolute Gasteiger partial charge is 0.478 e. The first-order valence-corrected chi connectivity index (χ1v) is 9.92. The number of nitrogens with one attached hydrogen (secondary N) is 1. The normalized spacial score (nSPS) is 13.2. The summed E-state index contributed by atoms with van der Waals surface area (Å²) in [7, 11) is 0. The maximum atomic E-state index is 12.9. The van der Waals surface area contributed by atoms with E-state index in [0.29, 0.717) is 22.3 Å². The van der Waals surface area contributed by atoms with Gasteiger partial charge in [-0.2, -0.15) is 11.3 Å². The highest BCUT2D eigenvalue weighted by molar-refractivity contribution is 7.13. The quantitative estimate of drug-likeness (QED) is 0.596. The Balaban J connectivity index is 1.78. The van der Waals surface area contributed by atoms with Crippen LogP contribution in [-0.4, -0.2) is 16.5 Å². The minimum atomic E-state index is -1.03. The number of nitrogens with zero attached hydrogens (tertiary/aromatic N) is 1. The van der Waals surface area contributed by atoms with Crippen molar-refractivity contribution >= 4 is 45.3 Å². The van der Waals surface area contributed by atoms with Crippen LogP contribution in [0.15, 0.2) is 52.7 Å². The van der Waals surface area contributed by atoms with Gasteiger partial charge in [-0.1, -0.05) is 11.6 Å². The van der Waals surface area contributed by atoms with Crippen LogP contribution in [0.3, 0.4) is 0 Å². The van der Waals surface area contributed by atoms with E-state index >= 15 is 0 Å². The predicted molar refractivity (Wildman–Crippen MR) is 104 cm³/mol. The number of benzene rings is 1. The van der Waals surface area contributed by atoms with Gasteiger partial charge in [-0.15, -0.1) is 11.3 Å². The molecular weight excluding hydrogens is 376 g/mol. The first-order chi connectivity index (χ1) is 12.0. The zero-order valence-corrected chi connectivity index (χ0v) is 16.0. The fourth-order valence-electron chi connectivity index (χ4n) is 2.31. The minimum Gasteiger partial charge on any atom is -0.478 e. The summed E-state index contributed by atoms with van der Waals surface area (Å²) in [6, 6.07) is 9.08. The maximum Gasteiger partial charge on any atom is 0.270 e. The van der Waals surface area contributed by atoms with E-state index in [9.17, 15) is 4.79 Å². The average molecular weight is 393 g/mol. The Morgan fingerprint density at radius 3 is 2.72 bits per heavy atom. The second-order valence-corrected chi connectivity index (χ2v) is 7.82. The van der Waals surface area contributed by atoms with Gasteiger partial charge in [0.15, 0.2) is 10.7 Å². The van der Waals surface area contributed by atoms with Gasteiger partial charge in [-0.3, -0.25) is 10.1 Å². The molecule has 0 aliphatic heterocycles. The molecule has 1 N–H and O–H groups in total. The number of carbonyl (C=O) groups excluding carboxylic acids is 1. The van der Waals surface area contributed by atoms with Gasteiger partial charge < -0.3 is 4.74 Å². The fraction of sp³-hybridized carbons (Fsp3) is 0.222. The van der Waals surface area contributed by atoms with Crippen molar-refractivity contribution in [3.05, 3.63) is 63.3 Å². The van der Waals surface area contributed by atoms with Crippen molar-refractivity contribution in [1.29, 1.82) is 0 Å². The van der Waals surface area contributed by atoms with Gasteiger partial charge in [-0.25, -0.2) is 4.98 Å². The number of rotatable bonds is 7. The predicted octanol–water partition coefficient (Wildman–Crippen LogP) is 5.27. The lowest BCUT2D eigenvalue weighted by Crippen LogP contribution is -2.46. The second kappa shape index (κ2) is 7.99. The number of hydrogen-bond donors (Lipinski definition) is 1. The zero-order chi connectivity index (χ0) is 17.7. The number of ether oxygens (including phenoxy) is 1. The summed E-state index contributed by atoms with van der Waals surface area (Å²) in [6.45, 7) is 1.80. The van der Waals surface area contributed by atoms with Gasteiger partial charge in [0, 0.05) is 23.0 Å². The Bertz CT molecular complexity index is 804. The molecule has 3 aromatic rings. The number of hydrogen-bond acceptors (Lipinski definition) is 5. The molecule has 1 atom stereocenters. The van der Waals surface area contributed by atoms with Gasteiger partial charge in [0.05, 0.1) is 0 Å². The number of thiophene rings is 1. The molecule has 0 fully saturated rings. The van der Waals surface area contributed by atoms with Crippen molar-refractivity contribution in [2.75, 3.05) is 5.32 Å². The van der Waals surface area contributed by atoms with Crippen molar-refractivity contribution in [2.24, 2.45) is 0 Å². The molecular formula is C18H17ClN2O2S2. The van der Waals surface area contributed by atoms with Crippen molar-refractivity contribution in [1.82, 2.24) is 4.98 Å². The first-order valence-electron chi connectivity index (χ1n) is 7.72. The van der Waals surface area contributed by atoms with Gasteiger partial charge in [-0.05, 0) is 60.0 Å². The Hall–Kier alpha value is -1.89. The molecule has 0 saturated heterocycles. The van der Waals surface area contributed by atoms with Crippen LogP contribution in [-0.2, 0) is 11.2 Å². The van der Waals surface area contributed by atoms with E-state index in [1.54, 1.807) is 48.7 Å². The molecule has 1 unspecified atom stereocenters. The number of aromatic nitrogens is 1. The molecule has 25 heavy (non-hydrogen) atoms. The maximum absolute atomic E-state index is 12.9. The molecule has 0 aliphatic rings. The summed E-state index contributed by atoms with van der Waals surface area (Å²) >= 11 is 8.95. The van der Waals surface area contributed by atoms with Crippen LogP contribution in [0.5, 0.6) is 5.75 Å². The van der Waals surface area contributed by atoms with Gasteiger partial charge in [0.25, 0.3) is 5.91 Å². The van der Waals surface area contributed by atoms with E-state index in [0.717, 1.165) is 6.42 Å². The number of amides is 1. The Labute approximate surface area is 159 Å². The van der Waals surface area contributed by atoms with Crippen molar-refractivity contribution < 1.29 is 9.53 Å². The molecule has 2 aromatic heterocycles. The van der Waals surface area contributed by atoms with E-state index < -0.39 is 5.60 Å². The third-order valence-electron chi connectivity index (χ3n) is 3.76. The molecule has 130 valence electrons. The number of anilines is 1. The summed E-state index contributed by atoms with van der Waals surface area (Å²) in [6.07, 6.45) is 2.95. The molecule has 4 nitrogen and oxygen atoms in total. The van der Waals surface area contributed by atoms with Crippen LogP contribution < -0.4 is 10.1 Å². The van der Waals surface area contributed by atoms with E-state index in [-0.39, 0.29) is 5.91 Å². The Kier molecular flexibility index (Phi) is 5.73. The molecule has 7 heteroatoms. The molecule has 0 aliphatic carbocycles. The van der Waals surface area contributed by atoms with Crippen molar-refractivity contribution in [3.8, 4) is 5.75 Å². The van der Waals surface area contributed by atoms with Crippen molar-refractivity contribution in [3.63, 3.8) is 0 Å². The van der Waals surface area contributed by atoms with Crippen LogP contribution >= 0.6 is 34.3 Å². The fourth-order valence-corrected chi connectivity index (χ4v) is 3.66. The summed E-state index contributed by atoms with van der Waals surface area (Å²) in [5.41, 5.74) is 0.166.